The molecule has 2 heterocycles. The van der Waals surface area contributed by atoms with Crippen molar-refractivity contribution in [1.82, 2.24) is 0 Å². The lowest BCUT2D eigenvalue weighted by Crippen LogP contribution is -2.43. The molecule has 42 heavy (non-hydrogen) atoms. The second kappa shape index (κ2) is 11.1. The molecule has 5 aliphatic rings. The third kappa shape index (κ3) is 4.91. The Bertz CT molecular complexity index is 1150. The minimum Gasteiger partial charge on any atom is -0.414 e. The molecule has 6 rings (SSSR count). The lowest BCUT2D eigenvalue weighted by atomic mass is 9.67. The molecule has 234 valence electrons. The van der Waals surface area contributed by atoms with Crippen LogP contribution in [0.2, 0.25) is 18.1 Å². The molecule has 0 aromatic heterocycles. The number of unbranched alkanes of at least 4 members (excludes halogenated alkanes) is 1. The van der Waals surface area contributed by atoms with E-state index < -0.39 is 13.9 Å². The summed E-state index contributed by atoms with van der Waals surface area (Å²) in [6.07, 6.45) is 10.8. The lowest BCUT2D eigenvalue weighted by Gasteiger charge is -2.38. The van der Waals surface area contributed by atoms with Gasteiger partial charge in [0.15, 0.2) is 8.32 Å². The molecule has 2 aliphatic heterocycles. The van der Waals surface area contributed by atoms with Gasteiger partial charge in [0, 0.05) is 12.7 Å². The van der Waals surface area contributed by atoms with Crippen molar-refractivity contribution in [3.8, 4) is 0 Å². The van der Waals surface area contributed by atoms with E-state index >= 15 is 0 Å². The van der Waals surface area contributed by atoms with Crippen LogP contribution in [0.25, 0.3) is 0 Å². The molecule has 0 radical (unpaired) electrons. The van der Waals surface area contributed by atoms with Crippen molar-refractivity contribution in [3.05, 3.63) is 47.5 Å². The minimum absolute atomic E-state index is 0.185. The van der Waals surface area contributed by atoms with Gasteiger partial charge in [0.05, 0.1) is 18.3 Å². The zero-order chi connectivity index (χ0) is 30.1. The molecule has 6 heteroatoms. The highest BCUT2D eigenvalue weighted by Gasteiger charge is 2.82. The number of benzene rings is 1. The van der Waals surface area contributed by atoms with Gasteiger partial charge >= 0.3 is 0 Å². The maximum atomic E-state index is 10.4. The van der Waals surface area contributed by atoms with Gasteiger partial charge in [-0.3, -0.25) is 0 Å². The van der Waals surface area contributed by atoms with Crippen LogP contribution in [0.4, 0.5) is 0 Å². The molecular weight excluding hydrogens is 540 g/mol. The van der Waals surface area contributed by atoms with Crippen molar-refractivity contribution in [2.45, 2.75) is 140 Å². The van der Waals surface area contributed by atoms with E-state index in [1.54, 1.807) is 0 Å². The molecule has 3 saturated carbocycles. The molecule has 5 fully saturated rings. The van der Waals surface area contributed by atoms with Crippen LogP contribution in [0, 0.1) is 29.6 Å². The average molecular weight is 597 g/mol. The summed E-state index contributed by atoms with van der Waals surface area (Å²) < 4.78 is 20.8. The molecule has 11 atom stereocenters. The molecule has 1 aromatic carbocycles. The van der Waals surface area contributed by atoms with E-state index in [-0.39, 0.29) is 29.3 Å². The normalized spacial score (nSPS) is 41.4. The summed E-state index contributed by atoms with van der Waals surface area (Å²) in [5.74, 6) is 2.44. The largest absolute Gasteiger partial charge is 0.414 e. The molecule has 2 N–H and O–H groups in total. The topological polar surface area (TPSA) is 74.8 Å². The molecule has 5 nitrogen and oxygen atoms in total. The Morgan fingerprint density at radius 2 is 1.83 bits per heavy atom. The summed E-state index contributed by atoms with van der Waals surface area (Å²) in [6.45, 7) is 16.3. The van der Waals surface area contributed by atoms with Gasteiger partial charge in [-0.25, -0.2) is 0 Å². The molecule has 0 unspecified atom stereocenters. The summed E-state index contributed by atoms with van der Waals surface area (Å²) in [4.78, 5) is 0. The Kier molecular flexibility index (Phi) is 8.19. The summed E-state index contributed by atoms with van der Waals surface area (Å²) in [5.41, 5.74) is 1.77. The predicted octanol–water partition coefficient (Wildman–Crippen LogP) is 7.37. The fraction of sp³-hybridized carbons (Fsp3) is 0.778. The highest BCUT2D eigenvalue weighted by Crippen LogP contribution is 2.76. The maximum absolute atomic E-state index is 10.4. The van der Waals surface area contributed by atoms with Crippen LogP contribution >= 0.6 is 0 Å². The van der Waals surface area contributed by atoms with Crippen molar-refractivity contribution in [2.75, 3.05) is 6.61 Å². The Morgan fingerprint density at radius 1 is 1.12 bits per heavy atom. The SMILES string of the molecule is CC[C@H](O)CCC/C=C(\C)[C@]1(c2ccccc2)O[C@]12C[C@H]1[C@@H]3C[C@H](O[Si](C)(C)C(C)(C)C)C[C@H]3[C@@H]3O[C@H]3[C@H]1[C@@H]2CCO. The van der Waals surface area contributed by atoms with Gasteiger partial charge in [-0.05, 0) is 117 Å². The van der Waals surface area contributed by atoms with Crippen LogP contribution < -0.4 is 0 Å². The van der Waals surface area contributed by atoms with Crippen LogP contribution in [0.1, 0.15) is 91.5 Å². The van der Waals surface area contributed by atoms with Crippen molar-refractivity contribution >= 4 is 8.32 Å². The number of hydrogen-bond donors (Lipinski definition) is 2. The number of aliphatic hydroxyl groups excluding tert-OH is 2. The highest BCUT2D eigenvalue weighted by molar-refractivity contribution is 6.74. The number of fused-ring (bicyclic) bond motifs is 6. The lowest BCUT2D eigenvalue weighted by molar-refractivity contribution is 0.118. The smallest absolute Gasteiger partial charge is 0.192 e. The molecule has 1 aromatic rings. The monoisotopic (exact) mass is 596 g/mol. The number of aliphatic hydroxyl groups is 2. The molecule has 1 spiro atoms. The number of epoxide rings is 2. The average Bonchev–Trinajstić information content (AvgIpc) is 3.79. The van der Waals surface area contributed by atoms with Gasteiger partial charge in [-0.2, -0.15) is 0 Å². The van der Waals surface area contributed by atoms with E-state index in [0.29, 0.717) is 42.0 Å². The second-order valence-electron chi connectivity index (χ2n) is 15.8. The van der Waals surface area contributed by atoms with Crippen molar-refractivity contribution in [2.24, 2.45) is 29.6 Å². The number of hydrogen-bond acceptors (Lipinski definition) is 5. The van der Waals surface area contributed by atoms with E-state index in [0.717, 1.165) is 51.4 Å². The second-order valence-corrected chi connectivity index (χ2v) is 20.6. The zero-order valence-electron chi connectivity index (χ0n) is 27.1. The van der Waals surface area contributed by atoms with E-state index in [1.165, 1.54) is 11.1 Å². The van der Waals surface area contributed by atoms with Gasteiger partial charge in [-0.15, -0.1) is 0 Å². The van der Waals surface area contributed by atoms with Gasteiger partial charge in [0.25, 0.3) is 0 Å². The van der Waals surface area contributed by atoms with E-state index in [9.17, 15) is 10.2 Å². The third-order valence-corrected chi connectivity index (χ3v) is 17.2. The first-order chi connectivity index (χ1) is 19.9. The molecule has 2 saturated heterocycles. The Morgan fingerprint density at radius 3 is 2.50 bits per heavy atom. The first kappa shape index (κ1) is 31.0. The van der Waals surface area contributed by atoms with Crippen LogP contribution in [0.15, 0.2) is 42.0 Å². The minimum atomic E-state index is -1.85. The standard InChI is InChI=1S/C36H56O5Si/c1-8-25(38)17-13-12-14-23(2)36(24-15-10-9-11-16-24)35(41-36)22-29-27-20-26(40-42(6,7)34(3,4)5)21-28(27)32-33(39-32)31(29)30(35)18-19-37/h9-11,14-16,25-33,37-38H,8,12-13,17-22H2,1-7H3/b23-14+/t25-,26-,27+,28+,29-,30-,31+,32-,33-,35-,36+/m0/s1. The molecule has 0 bridgehead atoms. The Labute approximate surface area is 255 Å². The van der Waals surface area contributed by atoms with Crippen LogP contribution in [-0.4, -0.2) is 55.2 Å². The van der Waals surface area contributed by atoms with Crippen molar-refractivity contribution in [1.29, 1.82) is 0 Å². The van der Waals surface area contributed by atoms with E-state index in [4.69, 9.17) is 13.9 Å². The van der Waals surface area contributed by atoms with Crippen LogP contribution in [-0.2, 0) is 19.5 Å². The van der Waals surface area contributed by atoms with E-state index in [1.807, 2.05) is 6.92 Å². The molecule has 0 amide bonds. The van der Waals surface area contributed by atoms with Gasteiger partial charge < -0.3 is 24.1 Å². The highest BCUT2D eigenvalue weighted by atomic mass is 28.4. The van der Waals surface area contributed by atoms with Crippen molar-refractivity contribution in [3.63, 3.8) is 0 Å². The van der Waals surface area contributed by atoms with Crippen molar-refractivity contribution < 1.29 is 24.1 Å². The molecule has 3 aliphatic carbocycles. The summed E-state index contributed by atoms with van der Waals surface area (Å²) in [5, 5.41) is 20.7. The van der Waals surface area contributed by atoms with Gasteiger partial charge in [0.2, 0.25) is 0 Å². The van der Waals surface area contributed by atoms with Crippen LogP contribution in [0.3, 0.4) is 0 Å². The summed E-state index contributed by atoms with van der Waals surface area (Å²) in [6, 6.07) is 10.8. The zero-order valence-corrected chi connectivity index (χ0v) is 28.1. The fourth-order valence-corrected chi connectivity index (χ4v) is 10.9. The quantitative estimate of drug-likeness (QED) is 0.121. The number of allylic oxidation sites excluding steroid dienone is 1. The summed E-state index contributed by atoms with van der Waals surface area (Å²) in [7, 11) is -1.85. The van der Waals surface area contributed by atoms with Gasteiger partial charge in [-0.1, -0.05) is 64.1 Å². The van der Waals surface area contributed by atoms with E-state index in [2.05, 4.69) is 77.2 Å². The Balaban J connectivity index is 1.30. The maximum Gasteiger partial charge on any atom is 0.192 e. The number of ether oxygens (including phenoxy) is 2. The predicted molar refractivity (Wildman–Crippen MR) is 170 cm³/mol. The summed E-state index contributed by atoms with van der Waals surface area (Å²) >= 11 is 0. The number of rotatable bonds is 11. The first-order valence-corrected chi connectivity index (χ1v) is 19.9. The first-order valence-electron chi connectivity index (χ1n) is 17.0. The van der Waals surface area contributed by atoms with Crippen LogP contribution in [0.5, 0.6) is 0 Å². The Hall–Kier alpha value is -1.02. The fourth-order valence-electron chi connectivity index (χ4n) is 9.53. The van der Waals surface area contributed by atoms with Gasteiger partial charge in [0.1, 0.15) is 11.2 Å². The third-order valence-electron chi connectivity index (χ3n) is 12.6. The molecular formula is C36H56O5Si.